The monoisotopic (exact) mass is 948 g/mol. The van der Waals surface area contributed by atoms with Crippen LogP contribution in [0.5, 0.6) is 0 Å². The van der Waals surface area contributed by atoms with Gasteiger partial charge >= 0.3 is 0 Å². The van der Waals surface area contributed by atoms with Gasteiger partial charge in [0.1, 0.15) is 0 Å². The molecule has 354 valence electrons. The summed E-state index contributed by atoms with van der Waals surface area (Å²) in [6, 6.07) is 91.0. The second kappa shape index (κ2) is 18.7. The van der Waals surface area contributed by atoms with Gasteiger partial charge in [-0.1, -0.05) is 158 Å². The van der Waals surface area contributed by atoms with Gasteiger partial charge in [-0.3, -0.25) is 0 Å². The molecule has 2 aliphatic rings. The normalized spacial score (nSPS) is 13.2. The molecule has 14 rings (SSSR count). The molecule has 2 heteroatoms. The van der Waals surface area contributed by atoms with Crippen LogP contribution in [0.15, 0.2) is 243 Å². The van der Waals surface area contributed by atoms with Crippen LogP contribution >= 0.6 is 0 Å². The summed E-state index contributed by atoms with van der Waals surface area (Å²) >= 11 is 0. The van der Waals surface area contributed by atoms with E-state index < -0.39 is 0 Å². The predicted molar refractivity (Wildman–Crippen MR) is 315 cm³/mol. The van der Waals surface area contributed by atoms with Gasteiger partial charge in [0.15, 0.2) is 0 Å². The summed E-state index contributed by atoms with van der Waals surface area (Å²) in [4.78, 5) is 4.84. The fraction of sp³-hybridized carbons (Fsp3) is 0.111. The van der Waals surface area contributed by atoms with E-state index in [1.54, 1.807) is 0 Å². The molecule has 2 nitrogen and oxygen atoms in total. The van der Waals surface area contributed by atoms with Gasteiger partial charge in [-0.05, 0) is 235 Å². The minimum Gasteiger partial charge on any atom is -0.310 e. The van der Waals surface area contributed by atoms with Gasteiger partial charge in [-0.25, -0.2) is 0 Å². The Balaban J connectivity index is 0.945. The van der Waals surface area contributed by atoms with Crippen molar-refractivity contribution in [2.24, 2.45) is 0 Å². The smallest absolute Gasteiger partial charge is 0.0464 e. The molecule has 0 N–H and O–H groups in total. The molecule has 0 aromatic heterocycles. The van der Waals surface area contributed by atoms with Crippen LogP contribution in [0.25, 0.3) is 76.8 Å². The molecule has 74 heavy (non-hydrogen) atoms. The van der Waals surface area contributed by atoms with Gasteiger partial charge in [-0.15, -0.1) is 0 Å². The third-order valence-electron chi connectivity index (χ3n) is 16.2. The van der Waals surface area contributed by atoms with E-state index in [1.807, 2.05) is 0 Å². The molecule has 0 heterocycles. The zero-order valence-electron chi connectivity index (χ0n) is 41.6. The molecule has 0 saturated heterocycles. The van der Waals surface area contributed by atoms with Crippen LogP contribution in [-0.2, 0) is 25.7 Å². The fourth-order valence-electron chi connectivity index (χ4n) is 12.5. The summed E-state index contributed by atoms with van der Waals surface area (Å²) < 4.78 is 0. The Morgan fingerprint density at radius 3 is 0.851 bits per heavy atom. The van der Waals surface area contributed by atoms with Crippen molar-refractivity contribution in [3.8, 4) is 44.5 Å². The molecular weight excluding hydrogens is 893 g/mol. The molecule has 0 unspecified atom stereocenters. The highest BCUT2D eigenvalue weighted by atomic mass is 15.1. The fourth-order valence-corrected chi connectivity index (χ4v) is 12.5. The molecule has 0 amide bonds. The van der Waals surface area contributed by atoms with Crippen molar-refractivity contribution in [2.75, 3.05) is 9.80 Å². The number of nitrogens with zero attached hydrogens (tertiary/aromatic N) is 2. The topological polar surface area (TPSA) is 6.48 Å². The number of rotatable bonds is 10. The van der Waals surface area contributed by atoms with Gasteiger partial charge in [0.2, 0.25) is 0 Å². The van der Waals surface area contributed by atoms with Crippen molar-refractivity contribution in [1.82, 2.24) is 0 Å². The van der Waals surface area contributed by atoms with Crippen LogP contribution < -0.4 is 9.80 Å². The highest BCUT2D eigenvalue weighted by Crippen LogP contribution is 2.50. The molecule has 0 atom stereocenters. The van der Waals surface area contributed by atoms with E-state index in [0.717, 1.165) is 35.6 Å². The van der Waals surface area contributed by atoms with Crippen molar-refractivity contribution < 1.29 is 0 Å². The average Bonchev–Trinajstić information content (AvgIpc) is 3.50. The van der Waals surface area contributed by atoms with Crippen LogP contribution in [0.3, 0.4) is 0 Å². The minimum absolute atomic E-state index is 1.15. The van der Waals surface area contributed by atoms with E-state index in [0.29, 0.717) is 0 Å². The lowest BCUT2D eigenvalue weighted by atomic mass is 9.82. The van der Waals surface area contributed by atoms with E-state index in [1.165, 1.54) is 149 Å². The number of anilines is 6. The summed E-state index contributed by atoms with van der Waals surface area (Å²) in [6.07, 6.45) is 9.71. The van der Waals surface area contributed by atoms with E-state index in [4.69, 9.17) is 0 Å². The van der Waals surface area contributed by atoms with Crippen LogP contribution in [0.2, 0.25) is 0 Å². The van der Waals surface area contributed by atoms with Gasteiger partial charge in [0.05, 0.1) is 0 Å². The molecule has 0 bridgehead atoms. The van der Waals surface area contributed by atoms with Crippen molar-refractivity contribution in [3.05, 3.63) is 265 Å². The SMILES string of the molecule is c1ccc(-c2cc(-c3ccc(N(c4ccccc4)c4ccc5c(c4)CCCC5)cc3)c3ccc4c(-c5ccccc5)cc(-c5ccc(N(c6ccccc6)c6ccc7c(c6)CCCC7)cc5)c5ccc2c3c45)cc1. The maximum Gasteiger partial charge on any atom is 0.0464 e. The number of benzene rings is 12. The zero-order chi connectivity index (χ0) is 49.0. The number of aryl methyl sites for hydroxylation is 4. The van der Waals surface area contributed by atoms with E-state index >= 15 is 0 Å². The van der Waals surface area contributed by atoms with Crippen LogP contribution in [-0.4, -0.2) is 0 Å². The first-order valence-electron chi connectivity index (χ1n) is 26.7. The molecule has 12 aromatic rings. The molecule has 2 aliphatic carbocycles. The first-order valence-corrected chi connectivity index (χ1v) is 26.7. The summed E-state index contributed by atoms with van der Waals surface area (Å²) in [7, 11) is 0. The first kappa shape index (κ1) is 44.0. The first-order chi connectivity index (χ1) is 36.7. The molecule has 0 saturated carbocycles. The summed E-state index contributed by atoms with van der Waals surface area (Å²) in [5.74, 6) is 0. The number of hydrogen-bond donors (Lipinski definition) is 0. The van der Waals surface area contributed by atoms with Crippen molar-refractivity contribution >= 4 is 66.4 Å². The van der Waals surface area contributed by atoms with Crippen molar-refractivity contribution in [2.45, 2.75) is 51.4 Å². The predicted octanol–water partition coefficient (Wildman–Crippen LogP) is 19.9. The zero-order valence-corrected chi connectivity index (χ0v) is 41.6. The number of fused-ring (bicyclic) bond motifs is 2. The van der Waals surface area contributed by atoms with Crippen LogP contribution in [0, 0.1) is 0 Å². The standard InChI is InChI=1S/C72H56N2/c1-5-19-51(20-6-1)67-47-69(53-31-35-59(36-32-53)73(57-25-9-3-10-26-57)61-39-29-49-17-13-15-23-55(49)45-61)65-44-42-64-68(52-21-7-2-8-22-52)48-70(66-43-41-63(67)71(65)72(64)66)54-33-37-60(38-34-54)74(58-27-11-4-12-28-58)62-40-30-50-18-14-16-24-56(50)46-62/h1-12,19-22,25-48H,13-18,23-24H2. The lowest BCUT2D eigenvalue weighted by Gasteiger charge is -2.28. The average molecular weight is 949 g/mol. The van der Waals surface area contributed by atoms with E-state index in [-0.39, 0.29) is 0 Å². The molecular formula is C72H56N2. The summed E-state index contributed by atoms with van der Waals surface area (Å²) in [6.45, 7) is 0. The lowest BCUT2D eigenvalue weighted by Crippen LogP contribution is -2.11. The summed E-state index contributed by atoms with van der Waals surface area (Å²) in [5.41, 5.74) is 22.8. The Morgan fingerprint density at radius 1 is 0.216 bits per heavy atom. The Labute approximate surface area is 434 Å². The second-order valence-corrected chi connectivity index (χ2v) is 20.5. The van der Waals surface area contributed by atoms with Gasteiger partial charge < -0.3 is 9.80 Å². The minimum atomic E-state index is 1.15. The Bertz CT molecular complexity index is 3710. The van der Waals surface area contributed by atoms with Crippen molar-refractivity contribution in [1.29, 1.82) is 0 Å². The van der Waals surface area contributed by atoms with Gasteiger partial charge in [0.25, 0.3) is 0 Å². The molecule has 0 radical (unpaired) electrons. The maximum atomic E-state index is 2.45. The van der Waals surface area contributed by atoms with Crippen molar-refractivity contribution in [3.63, 3.8) is 0 Å². The Kier molecular flexibility index (Phi) is 11.1. The molecule has 0 spiro atoms. The third kappa shape index (κ3) is 7.81. The molecule has 0 fully saturated rings. The largest absolute Gasteiger partial charge is 0.310 e. The Hall–Kier alpha value is -8.72. The molecule has 12 aromatic carbocycles. The van der Waals surface area contributed by atoms with E-state index in [2.05, 4.69) is 252 Å². The van der Waals surface area contributed by atoms with Crippen LogP contribution in [0.4, 0.5) is 34.1 Å². The third-order valence-corrected chi connectivity index (χ3v) is 16.2. The second-order valence-electron chi connectivity index (χ2n) is 20.5. The van der Waals surface area contributed by atoms with Gasteiger partial charge in [0, 0.05) is 34.1 Å². The highest BCUT2D eigenvalue weighted by molar-refractivity contribution is 6.32. The highest BCUT2D eigenvalue weighted by Gasteiger charge is 2.23. The molecule has 0 aliphatic heterocycles. The Morgan fingerprint density at radius 2 is 0.500 bits per heavy atom. The van der Waals surface area contributed by atoms with Gasteiger partial charge in [-0.2, -0.15) is 0 Å². The van der Waals surface area contributed by atoms with E-state index in [9.17, 15) is 0 Å². The van der Waals surface area contributed by atoms with Crippen LogP contribution in [0.1, 0.15) is 47.9 Å². The maximum absolute atomic E-state index is 2.45. The quantitative estimate of drug-likeness (QED) is 0.126. The number of hydrogen-bond acceptors (Lipinski definition) is 2. The number of para-hydroxylation sites is 2. The lowest BCUT2D eigenvalue weighted by molar-refractivity contribution is 0.685. The summed E-state index contributed by atoms with van der Waals surface area (Å²) in [5, 5.41) is 7.66.